The van der Waals surface area contributed by atoms with Gasteiger partial charge in [0.25, 0.3) is 5.91 Å². The van der Waals surface area contributed by atoms with Gasteiger partial charge in [0.2, 0.25) is 0 Å². The Balaban J connectivity index is 1.44. The van der Waals surface area contributed by atoms with Gasteiger partial charge in [0.1, 0.15) is 0 Å². The van der Waals surface area contributed by atoms with Crippen LogP contribution in [-0.4, -0.2) is 42.4 Å². The molecule has 132 valence electrons. The molecule has 2 aromatic heterocycles. The lowest BCUT2D eigenvalue weighted by molar-refractivity contribution is 0.103. The summed E-state index contributed by atoms with van der Waals surface area (Å²) >= 11 is 1.42. The fraction of sp³-hybridized carbons (Fsp3) is 0.211. The molecule has 0 unspecified atom stereocenters. The van der Waals surface area contributed by atoms with Gasteiger partial charge in [-0.05, 0) is 35.7 Å². The van der Waals surface area contributed by atoms with Gasteiger partial charge in [0.05, 0.1) is 23.8 Å². The van der Waals surface area contributed by atoms with Crippen molar-refractivity contribution in [2.24, 2.45) is 0 Å². The number of hydrogen-bond acceptors (Lipinski definition) is 6. The number of carbonyl (C=O) groups excluding carboxylic acids is 1. The van der Waals surface area contributed by atoms with Crippen LogP contribution < -0.4 is 10.2 Å². The first-order chi connectivity index (χ1) is 12.8. The Labute approximate surface area is 155 Å². The number of ether oxygens (including phenoxy) is 1. The highest BCUT2D eigenvalue weighted by Gasteiger charge is 2.13. The van der Waals surface area contributed by atoms with Gasteiger partial charge in [-0.25, -0.2) is 0 Å². The number of thiophene rings is 1. The van der Waals surface area contributed by atoms with Crippen LogP contribution >= 0.6 is 11.3 Å². The molecule has 4 rings (SSSR count). The van der Waals surface area contributed by atoms with E-state index in [-0.39, 0.29) is 5.91 Å². The molecule has 0 saturated carbocycles. The molecule has 1 aromatic carbocycles. The van der Waals surface area contributed by atoms with E-state index in [2.05, 4.69) is 20.4 Å². The van der Waals surface area contributed by atoms with E-state index >= 15 is 0 Å². The van der Waals surface area contributed by atoms with E-state index in [1.807, 2.05) is 47.8 Å². The number of amides is 1. The predicted molar refractivity (Wildman–Crippen MR) is 103 cm³/mol. The van der Waals surface area contributed by atoms with Crippen molar-refractivity contribution in [3.8, 4) is 11.3 Å². The van der Waals surface area contributed by atoms with Crippen molar-refractivity contribution in [3.63, 3.8) is 0 Å². The smallest absolute Gasteiger partial charge is 0.265 e. The number of carbonyl (C=O) groups is 1. The van der Waals surface area contributed by atoms with Gasteiger partial charge in [-0.3, -0.25) is 4.79 Å². The monoisotopic (exact) mass is 366 g/mol. The van der Waals surface area contributed by atoms with E-state index in [1.54, 1.807) is 6.07 Å². The minimum atomic E-state index is -0.0950. The molecule has 0 bridgehead atoms. The standard InChI is InChI=1S/C19H18N4O2S/c24-19(17-2-1-13-26-17)20-15-5-3-14(4-6-15)16-7-8-18(22-21-16)23-9-11-25-12-10-23/h1-8,13H,9-12H2,(H,20,24). The van der Waals surface area contributed by atoms with Crippen molar-refractivity contribution in [1.82, 2.24) is 10.2 Å². The number of benzene rings is 1. The molecule has 1 fully saturated rings. The first-order valence-electron chi connectivity index (χ1n) is 8.41. The van der Waals surface area contributed by atoms with E-state index in [9.17, 15) is 4.79 Å². The second-order valence-electron chi connectivity index (χ2n) is 5.88. The summed E-state index contributed by atoms with van der Waals surface area (Å²) in [5.74, 6) is 0.777. The Morgan fingerprint density at radius 1 is 1.04 bits per heavy atom. The number of rotatable bonds is 4. The van der Waals surface area contributed by atoms with Crippen molar-refractivity contribution in [2.45, 2.75) is 0 Å². The third-order valence-electron chi connectivity index (χ3n) is 4.17. The van der Waals surface area contributed by atoms with Gasteiger partial charge in [-0.15, -0.1) is 21.5 Å². The molecule has 3 aromatic rings. The van der Waals surface area contributed by atoms with Crippen LogP contribution in [0.5, 0.6) is 0 Å². The van der Waals surface area contributed by atoms with Crippen molar-refractivity contribution in [2.75, 3.05) is 36.5 Å². The Kier molecular flexibility index (Phi) is 4.90. The van der Waals surface area contributed by atoms with Crippen LogP contribution in [0.4, 0.5) is 11.5 Å². The summed E-state index contributed by atoms with van der Waals surface area (Å²) < 4.78 is 5.36. The maximum absolute atomic E-state index is 12.1. The van der Waals surface area contributed by atoms with Crippen LogP contribution in [0.2, 0.25) is 0 Å². The topological polar surface area (TPSA) is 67.4 Å². The summed E-state index contributed by atoms with van der Waals surface area (Å²) in [6.07, 6.45) is 0. The number of nitrogens with zero attached hydrogens (tertiary/aromatic N) is 3. The molecular weight excluding hydrogens is 348 g/mol. The maximum Gasteiger partial charge on any atom is 0.265 e. The van der Waals surface area contributed by atoms with Crippen molar-refractivity contribution < 1.29 is 9.53 Å². The fourth-order valence-corrected chi connectivity index (χ4v) is 3.38. The quantitative estimate of drug-likeness (QED) is 0.767. The summed E-state index contributed by atoms with van der Waals surface area (Å²) in [6.45, 7) is 3.13. The zero-order chi connectivity index (χ0) is 17.8. The Hall–Kier alpha value is -2.77. The normalized spacial score (nSPS) is 14.2. The summed E-state index contributed by atoms with van der Waals surface area (Å²) in [4.78, 5) is 14.9. The molecule has 1 amide bonds. The van der Waals surface area contributed by atoms with E-state index in [0.29, 0.717) is 4.88 Å². The van der Waals surface area contributed by atoms with Gasteiger partial charge in [-0.1, -0.05) is 18.2 Å². The summed E-state index contributed by atoms with van der Waals surface area (Å²) in [5.41, 5.74) is 2.52. The molecule has 1 saturated heterocycles. The second-order valence-corrected chi connectivity index (χ2v) is 6.83. The zero-order valence-electron chi connectivity index (χ0n) is 14.1. The highest BCUT2D eigenvalue weighted by Crippen LogP contribution is 2.22. The fourth-order valence-electron chi connectivity index (χ4n) is 2.77. The molecule has 0 aliphatic carbocycles. The van der Waals surface area contributed by atoms with Crippen molar-refractivity contribution in [1.29, 1.82) is 0 Å². The molecular formula is C19H18N4O2S. The minimum Gasteiger partial charge on any atom is -0.378 e. The van der Waals surface area contributed by atoms with Crippen LogP contribution in [0.1, 0.15) is 9.67 Å². The third-order valence-corrected chi connectivity index (χ3v) is 5.04. The van der Waals surface area contributed by atoms with Crippen LogP contribution in [0.25, 0.3) is 11.3 Å². The van der Waals surface area contributed by atoms with Gasteiger partial charge >= 0.3 is 0 Å². The first kappa shape index (κ1) is 16.7. The molecule has 1 aliphatic rings. The first-order valence-corrected chi connectivity index (χ1v) is 9.29. The molecule has 0 spiro atoms. The number of hydrogen-bond donors (Lipinski definition) is 1. The van der Waals surface area contributed by atoms with Crippen molar-refractivity contribution >= 4 is 28.7 Å². The van der Waals surface area contributed by atoms with Gasteiger partial charge in [0.15, 0.2) is 5.82 Å². The SMILES string of the molecule is O=C(Nc1ccc(-c2ccc(N3CCOCC3)nn2)cc1)c1cccs1. The number of nitrogens with one attached hydrogen (secondary N) is 1. The van der Waals surface area contributed by atoms with E-state index in [0.717, 1.165) is 49.1 Å². The Morgan fingerprint density at radius 2 is 1.85 bits per heavy atom. The molecule has 7 heteroatoms. The molecule has 1 N–H and O–H groups in total. The average molecular weight is 366 g/mol. The minimum absolute atomic E-state index is 0.0950. The largest absolute Gasteiger partial charge is 0.378 e. The van der Waals surface area contributed by atoms with Crippen LogP contribution in [0, 0.1) is 0 Å². The zero-order valence-corrected chi connectivity index (χ0v) is 14.9. The van der Waals surface area contributed by atoms with Gasteiger partial charge in [0, 0.05) is 24.3 Å². The van der Waals surface area contributed by atoms with Crippen LogP contribution in [-0.2, 0) is 4.74 Å². The van der Waals surface area contributed by atoms with Crippen molar-refractivity contribution in [3.05, 3.63) is 58.8 Å². The molecule has 1 aliphatic heterocycles. The summed E-state index contributed by atoms with van der Waals surface area (Å²) in [6, 6.07) is 15.2. The lowest BCUT2D eigenvalue weighted by Crippen LogP contribution is -2.36. The number of anilines is 2. The summed E-state index contributed by atoms with van der Waals surface area (Å²) in [7, 11) is 0. The lowest BCUT2D eigenvalue weighted by Gasteiger charge is -2.27. The number of morpholine rings is 1. The van der Waals surface area contributed by atoms with E-state index in [1.165, 1.54) is 11.3 Å². The van der Waals surface area contributed by atoms with Gasteiger partial charge < -0.3 is 15.0 Å². The molecule has 0 atom stereocenters. The lowest BCUT2D eigenvalue weighted by atomic mass is 10.1. The van der Waals surface area contributed by atoms with E-state index < -0.39 is 0 Å². The van der Waals surface area contributed by atoms with Crippen LogP contribution in [0.15, 0.2) is 53.9 Å². The van der Waals surface area contributed by atoms with E-state index in [4.69, 9.17) is 4.74 Å². The summed E-state index contributed by atoms with van der Waals surface area (Å²) in [5, 5.41) is 13.5. The average Bonchev–Trinajstić information content (AvgIpc) is 3.25. The third kappa shape index (κ3) is 3.74. The molecule has 6 nitrogen and oxygen atoms in total. The molecule has 26 heavy (non-hydrogen) atoms. The van der Waals surface area contributed by atoms with Gasteiger partial charge in [-0.2, -0.15) is 0 Å². The molecule has 0 radical (unpaired) electrons. The highest BCUT2D eigenvalue weighted by molar-refractivity contribution is 7.12. The predicted octanol–water partition coefficient (Wildman–Crippen LogP) is 3.29. The van der Waals surface area contributed by atoms with Crippen LogP contribution in [0.3, 0.4) is 0 Å². The Morgan fingerprint density at radius 3 is 2.50 bits per heavy atom. The Bertz CT molecular complexity index is 858. The number of aromatic nitrogens is 2. The molecule has 3 heterocycles. The second kappa shape index (κ2) is 7.63. The maximum atomic E-state index is 12.1. The highest BCUT2D eigenvalue weighted by atomic mass is 32.1.